The molecule has 3 aromatic rings. The molecule has 1 heterocycles. The van der Waals surface area contributed by atoms with E-state index in [0.29, 0.717) is 12.2 Å². The van der Waals surface area contributed by atoms with Crippen molar-refractivity contribution in [3.05, 3.63) is 69.9 Å². The molecule has 6 nitrogen and oxygen atoms in total. The molecule has 0 bridgehead atoms. The highest BCUT2D eigenvalue weighted by atomic mass is 16.6. The van der Waals surface area contributed by atoms with Crippen LogP contribution in [0.4, 0.5) is 11.4 Å². The van der Waals surface area contributed by atoms with Crippen LogP contribution in [-0.2, 0) is 6.42 Å². The normalized spacial score (nSPS) is 10.4. The third kappa shape index (κ3) is 2.99. The molecule has 2 aromatic carbocycles. The average Bonchev–Trinajstić information content (AvgIpc) is 2.98. The standard InChI is InChI=1S/C17H14N4O2/c18-10-13-9-14(21(22)23)5-6-16(13)19-8-7-12-11-20-17-4-2-1-3-15(12)17/h1-6,9,11,19-20H,7-8H2. The van der Waals surface area contributed by atoms with Crippen molar-refractivity contribution in [2.75, 3.05) is 11.9 Å². The van der Waals surface area contributed by atoms with Gasteiger partial charge in [0.25, 0.3) is 5.69 Å². The van der Waals surface area contributed by atoms with Gasteiger partial charge in [-0.2, -0.15) is 5.26 Å². The maximum Gasteiger partial charge on any atom is 0.270 e. The largest absolute Gasteiger partial charge is 0.384 e. The molecule has 0 radical (unpaired) electrons. The molecule has 1 aromatic heterocycles. The number of hydrogen-bond acceptors (Lipinski definition) is 4. The monoisotopic (exact) mass is 306 g/mol. The van der Waals surface area contributed by atoms with Gasteiger partial charge >= 0.3 is 0 Å². The van der Waals surface area contributed by atoms with Gasteiger partial charge in [-0.05, 0) is 24.1 Å². The van der Waals surface area contributed by atoms with Crippen LogP contribution in [0.2, 0.25) is 0 Å². The molecule has 2 N–H and O–H groups in total. The van der Waals surface area contributed by atoms with Crippen LogP contribution in [0.15, 0.2) is 48.7 Å². The first-order valence-corrected chi connectivity index (χ1v) is 7.16. The summed E-state index contributed by atoms with van der Waals surface area (Å²) in [5.74, 6) is 0. The Morgan fingerprint density at radius 1 is 1.26 bits per heavy atom. The number of para-hydroxylation sites is 1. The zero-order valence-corrected chi connectivity index (χ0v) is 12.2. The summed E-state index contributed by atoms with van der Waals surface area (Å²) < 4.78 is 0. The lowest BCUT2D eigenvalue weighted by Gasteiger charge is -2.07. The van der Waals surface area contributed by atoms with E-state index in [1.807, 2.05) is 30.5 Å². The minimum absolute atomic E-state index is 0.0799. The average molecular weight is 306 g/mol. The van der Waals surface area contributed by atoms with E-state index in [1.165, 1.54) is 23.1 Å². The zero-order chi connectivity index (χ0) is 16.2. The number of H-pyrrole nitrogens is 1. The number of fused-ring (bicyclic) bond motifs is 1. The fourth-order valence-electron chi connectivity index (χ4n) is 2.56. The molecule has 0 unspecified atom stereocenters. The number of anilines is 1. The number of nitrogens with zero attached hydrogens (tertiary/aromatic N) is 2. The number of aromatic nitrogens is 1. The predicted molar refractivity (Wildman–Crippen MR) is 88.3 cm³/mol. The van der Waals surface area contributed by atoms with Gasteiger partial charge in [0, 0.05) is 35.8 Å². The Bertz CT molecular complexity index is 908. The smallest absolute Gasteiger partial charge is 0.270 e. The van der Waals surface area contributed by atoms with Gasteiger partial charge in [-0.3, -0.25) is 10.1 Å². The summed E-state index contributed by atoms with van der Waals surface area (Å²) in [6.07, 6.45) is 2.76. The van der Waals surface area contributed by atoms with Crippen LogP contribution >= 0.6 is 0 Å². The molecule has 0 fully saturated rings. The minimum Gasteiger partial charge on any atom is -0.384 e. The maximum atomic E-state index is 10.7. The molecule has 0 aliphatic heterocycles. The Hall–Kier alpha value is -3.33. The molecule has 3 rings (SSSR count). The van der Waals surface area contributed by atoms with Gasteiger partial charge in [0.05, 0.1) is 16.2 Å². The fourth-order valence-corrected chi connectivity index (χ4v) is 2.56. The van der Waals surface area contributed by atoms with Gasteiger partial charge in [-0.1, -0.05) is 18.2 Å². The number of benzene rings is 2. The van der Waals surface area contributed by atoms with E-state index in [9.17, 15) is 10.1 Å². The first kappa shape index (κ1) is 14.6. The van der Waals surface area contributed by atoms with Crippen LogP contribution < -0.4 is 5.32 Å². The van der Waals surface area contributed by atoms with Crippen molar-refractivity contribution >= 4 is 22.3 Å². The van der Waals surface area contributed by atoms with E-state index in [0.717, 1.165) is 11.9 Å². The molecule has 0 saturated heterocycles. The molecular formula is C17H14N4O2. The second kappa shape index (κ2) is 6.20. The summed E-state index contributed by atoms with van der Waals surface area (Å²) in [4.78, 5) is 13.5. The molecule has 0 aliphatic rings. The second-order valence-corrected chi connectivity index (χ2v) is 5.14. The van der Waals surface area contributed by atoms with Crippen LogP contribution in [0.1, 0.15) is 11.1 Å². The van der Waals surface area contributed by atoms with Crippen LogP contribution in [0.3, 0.4) is 0 Å². The first-order valence-electron chi connectivity index (χ1n) is 7.16. The fraction of sp³-hybridized carbons (Fsp3) is 0.118. The van der Waals surface area contributed by atoms with E-state index in [4.69, 9.17) is 5.26 Å². The molecule has 0 amide bonds. The van der Waals surface area contributed by atoms with Crippen molar-refractivity contribution in [1.29, 1.82) is 5.26 Å². The van der Waals surface area contributed by atoms with Crippen molar-refractivity contribution in [3.63, 3.8) is 0 Å². The molecule has 114 valence electrons. The Kier molecular flexibility index (Phi) is 3.93. The van der Waals surface area contributed by atoms with E-state index < -0.39 is 4.92 Å². The number of nitro groups is 1. The van der Waals surface area contributed by atoms with E-state index in [2.05, 4.69) is 16.4 Å². The highest BCUT2D eigenvalue weighted by Gasteiger charge is 2.10. The van der Waals surface area contributed by atoms with E-state index >= 15 is 0 Å². The lowest BCUT2D eigenvalue weighted by atomic mass is 10.1. The molecule has 0 spiro atoms. The summed E-state index contributed by atoms with van der Waals surface area (Å²) in [7, 11) is 0. The van der Waals surface area contributed by atoms with Crippen molar-refractivity contribution < 1.29 is 4.92 Å². The number of nitro benzene ring substituents is 1. The number of nitrogens with one attached hydrogen (secondary N) is 2. The van der Waals surface area contributed by atoms with Gasteiger partial charge in [-0.25, -0.2) is 0 Å². The van der Waals surface area contributed by atoms with Crippen molar-refractivity contribution in [1.82, 2.24) is 4.98 Å². The highest BCUT2D eigenvalue weighted by Crippen LogP contribution is 2.22. The highest BCUT2D eigenvalue weighted by molar-refractivity contribution is 5.83. The Morgan fingerprint density at radius 3 is 2.87 bits per heavy atom. The first-order chi connectivity index (χ1) is 11.2. The third-order valence-corrected chi connectivity index (χ3v) is 3.72. The van der Waals surface area contributed by atoms with Crippen LogP contribution in [0, 0.1) is 21.4 Å². The molecule has 0 atom stereocenters. The van der Waals surface area contributed by atoms with Crippen molar-refractivity contribution in [2.45, 2.75) is 6.42 Å². The van der Waals surface area contributed by atoms with Gasteiger partial charge in [-0.15, -0.1) is 0 Å². The molecule has 23 heavy (non-hydrogen) atoms. The van der Waals surface area contributed by atoms with Crippen molar-refractivity contribution in [2.24, 2.45) is 0 Å². The molecule has 0 aliphatic carbocycles. The molecule has 0 saturated carbocycles. The number of hydrogen-bond donors (Lipinski definition) is 2. The van der Waals surface area contributed by atoms with Crippen LogP contribution in [0.25, 0.3) is 10.9 Å². The summed E-state index contributed by atoms with van der Waals surface area (Å²) in [6.45, 7) is 0.633. The minimum atomic E-state index is -0.503. The summed E-state index contributed by atoms with van der Waals surface area (Å²) in [6, 6.07) is 14.3. The van der Waals surface area contributed by atoms with Gasteiger partial charge in [0.2, 0.25) is 0 Å². The van der Waals surface area contributed by atoms with E-state index in [1.54, 1.807) is 6.07 Å². The SMILES string of the molecule is N#Cc1cc([N+](=O)[O-])ccc1NCCc1c[nH]c2ccccc12. The van der Waals surface area contributed by atoms with Gasteiger partial charge in [0.1, 0.15) is 6.07 Å². The quantitative estimate of drug-likeness (QED) is 0.556. The lowest BCUT2D eigenvalue weighted by molar-refractivity contribution is -0.384. The summed E-state index contributed by atoms with van der Waals surface area (Å²) in [5, 5.41) is 24.2. The number of rotatable bonds is 5. The predicted octanol–water partition coefficient (Wildman–Crippen LogP) is 3.60. The number of nitriles is 1. The second-order valence-electron chi connectivity index (χ2n) is 5.14. The molecule has 6 heteroatoms. The Morgan fingerprint density at radius 2 is 2.09 bits per heavy atom. The van der Waals surface area contributed by atoms with Crippen molar-refractivity contribution in [3.8, 4) is 6.07 Å². The third-order valence-electron chi connectivity index (χ3n) is 3.72. The van der Waals surface area contributed by atoms with Gasteiger partial charge in [0.15, 0.2) is 0 Å². The topological polar surface area (TPSA) is 94.8 Å². The number of aromatic amines is 1. The molecular weight excluding hydrogens is 292 g/mol. The van der Waals surface area contributed by atoms with Crippen LogP contribution in [-0.4, -0.2) is 16.5 Å². The summed E-state index contributed by atoms with van der Waals surface area (Å²) in [5.41, 5.74) is 3.09. The number of non-ortho nitro benzene ring substituents is 1. The maximum absolute atomic E-state index is 10.7. The van der Waals surface area contributed by atoms with E-state index in [-0.39, 0.29) is 11.3 Å². The summed E-state index contributed by atoms with van der Waals surface area (Å²) >= 11 is 0. The zero-order valence-electron chi connectivity index (χ0n) is 12.2. The van der Waals surface area contributed by atoms with Gasteiger partial charge < -0.3 is 10.3 Å². The van der Waals surface area contributed by atoms with Crippen LogP contribution in [0.5, 0.6) is 0 Å². The Balaban J connectivity index is 1.71. The Labute approximate surface area is 132 Å². The lowest BCUT2D eigenvalue weighted by Crippen LogP contribution is -2.06.